The lowest BCUT2D eigenvalue weighted by molar-refractivity contribution is -0.140. The number of carbonyl (C=O) groups excluding carboxylic acids is 3. The highest BCUT2D eigenvalue weighted by atomic mass is 32.2. The fourth-order valence-electron chi connectivity index (χ4n) is 5.58. The molecule has 3 amide bonds. The van der Waals surface area contributed by atoms with Crippen LogP contribution in [0, 0.1) is 11.8 Å². The third kappa shape index (κ3) is 4.09. The van der Waals surface area contributed by atoms with Gasteiger partial charge in [0.25, 0.3) is 0 Å². The average molecular weight is 440 g/mol. The summed E-state index contributed by atoms with van der Waals surface area (Å²) in [7, 11) is 0. The molecule has 0 aromatic rings. The van der Waals surface area contributed by atoms with E-state index in [2.05, 4.69) is 17.6 Å². The van der Waals surface area contributed by atoms with Gasteiger partial charge in [-0.05, 0) is 45.4 Å². The summed E-state index contributed by atoms with van der Waals surface area (Å²) in [5.74, 6) is -0.954. The van der Waals surface area contributed by atoms with Crippen molar-refractivity contribution < 1.29 is 19.5 Å². The summed E-state index contributed by atoms with van der Waals surface area (Å²) in [6, 6.07) is -0.480. The molecule has 1 spiro atoms. The SMILES string of the molecule is CCCNC(=O)[C@@H]1[C@@H]2CCC3(S2)C(C(=O)NC(C)CCC)N(CCCCO)C(=O)[C@H]13. The second-order valence-electron chi connectivity index (χ2n) is 9.01. The van der Waals surface area contributed by atoms with Gasteiger partial charge in [-0.1, -0.05) is 20.3 Å². The molecule has 3 rings (SSSR count). The number of amides is 3. The molecular weight excluding hydrogens is 402 g/mol. The molecule has 3 heterocycles. The predicted molar refractivity (Wildman–Crippen MR) is 118 cm³/mol. The first-order valence-corrected chi connectivity index (χ1v) is 12.5. The summed E-state index contributed by atoms with van der Waals surface area (Å²) in [5.41, 5.74) is 0. The third-order valence-electron chi connectivity index (χ3n) is 6.82. The number of unbranched alkanes of at least 4 members (excludes halogenated alkanes) is 1. The van der Waals surface area contributed by atoms with E-state index in [0.717, 1.165) is 32.1 Å². The third-order valence-corrected chi connectivity index (χ3v) is 8.77. The highest BCUT2D eigenvalue weighted by molar-refractivity contribution is 8.02. The number of hydrogen-bond acceptors (Lipinski definition) is 5. The lowest BCUT2D eigenvalue weighted by Gasteiger charge is -2.35. The Labute approximate surface area is 184 Å². The second kappa shape index (κ2) is 9.90. The van der Waals surface area contributed by atoms with E-state index in [1.807, 2.05) is 13.8 Å². The first-order chi connectivity index (χ1) is 14.4. The van der Waals surface area contributed by atoms with E-state index in [1.54, 1.807) is 16.7 Å². The van der Waals surface area contributed by atoms with Crippen LogP contribution in [-0.2, 0) is 14.4 Å². The van der Waals surface area contributed by atoms with Crippen LogP contribution in [0.2, 0.25) is 0 Å². The van der Waals surface area contributed by atoms with Crippen molar-refractivity contribution in [2.45, 2.75) is 87.8 Å². The highest BCUT2D eigenvalue weighted by Gasteiger charge is 2.73. The Morgan fingerprint density at radius 2 is 2.03 bits per heavy atom. The van der Waals surface area contributed by atoms with E-state index < -0.39 is 16.7 Å². The van der Waals surface area contributed by atoms with Gasteiger partial charge in [-0.15, -0.1) is 11.8 Å². The molecule has 2 bridgehead atoms. The van der Waals surface area contributed by atoms with Crippen molar-refractivity contribution in [3.05, 3.63) is 0 Å². The van der Waals surface area contributed by atoms with Crippen molar-refractivity contribution in [2.24, 2.45) is 11.8 Å². The van der Waals surface area contributed by atoms with E-state index >= 15 is 0 Å². The van der Waals surface area contributed by atoms with Gasteiger partial charge in [-0.2, -0.15) is 0 Å². The number of carbonyl (C=O) groups is 3. The van der Waals surface area contributed by atoms with Gasteiger partial charge in [0.15, 0.2) is 0 Å². The van der Waals surface area contributed by atoms with Crippen LogP contribution in [0.1, 0.15) is 65.7 Å². The Morgan fingerprint density at radius 1 is 1.27 bits per heavy atom. The van der Waals surface area contributed by atoms with Crippen LogP contribution in [0.4, 0.5) is 0 Å². The number of rotatable bonds is 11. The molecular formula is C22H37N3O4S. The van der Waals surface area contributed by atoms with Crippen molar-refractivity contribution in [1.29, 1.82) is 0 Å². The monoisotopic (exact) mass is 439 g/mol. The lowest BCUT2D eigenvalue weighted by atomic mass is 9.70. The summed E-state index contributed by atoms with van der Waals surface area (Å²) in [4.78, 5) is 41.7. The molecule has 3 aliphatic heterocycles. The van der Waals surface area contributed by atoms with E-state index in [9.17, 15) is 19.5 Å². The molecule has 8 heteroatoms. The largest absolute Gasteiger partial charge is 0.396 e. The van der Waals surface area contributed by atoms with Crippen molar-refractivity contribution >= 4 is 29.5 Å². The molecule has 170 valence electrons. The summed E-state index contributed by atoms with van der Waals surface area (Å²) >= 11 is 1.71. The molecule has 0 aromatic carbocycles. The van der Waals surface area contributed by atoms with Crippen LogP contribution < -0.4 is 10.6 Å². The molecule has 0 saturated carbocycles. The van der Waals surface area contributed by atoms with Gasteiger partial charge >= 0.3 is 0 Å². The molecule has 3 N–H and O–H groups in total. The van der Waals surface area contributed by atoms with Crippen LogP contribution in [0.5, 0.6) is 0 Å². The molecule has 7 nitrogen and oxygen atoms in total. The first-order valence-electron chi connectivity index (χ1n) is 11.6. The van der Waals surface area contributed by atoms with Crippen molar-refractivity contribution in [3.8, 4) is 0 Å². The van der Waals surface area contributed by atoms with Crippen LogP contribution in [0.25, 0.3) is 0 Å². The number of aliphatic hydroxyl groups is 1. The maximum absolute atomic E-state index is 13.6. The lowest BCUT2D eigenvalue weighted by Crippen LogP contribution is -2.55. The van der Waals surface area contributed by atoms with Gasteiger partial charge in [0, 0.05) is 31.0 Å². The summed E-state index contributed by atoms with van der Waals surface area (Å²) < 4.78 is -0.509. The zero-order valence-corrected chi connectivity index (χ0v) is 19.3. The topological polar surface area (TPSA) is 98.7 Å². The maximum Gasteiger partial charge on any atom is 0.244 e. The van der Waals surface area contributed by atoms with Crippen LogP contribution in [-0.4, -0.2) is 69.5 Å². The summed E-state index contributed by atoms with van der Waals surface area (Å²) in [6.45, 7) is 7.24. The average Bonchev–Trinajstić information content (AvgIpc) is 3.34. The number of aliphatic hydroxyl groups excluding tert-OH is 1. The molecule has 0 aliphatic carbocycles. The van der Waals surface area contributed by atoms with Gasteiger partial charge in [0.1, 0.15) is 6.04 Å². The van der Waals surface area contributed by atoms with Crippen molar-refractivity contribution in [3.63, 3.8) is 0 Å². The Hall–Kier alpha value is -1.28. The highest BCUT2D eigenvalue weighted by Crippen LogP contribution is 2.66. The number of fused-ring (bicyclic) bond motifs is 1. The van der Waals surface area contributed by atoms with Crippen molar-refractivity contribution in [1.82, 2.24) is 15.5 Å². The number of hydrogen-bond donors (Lipinski definition) is 3. The fourth-order valence-corrected chi connectivity index (χ4v) is 7.80. The van der Waals surface area contributed by atoms with Gasteiger partial charge in [-0.25, -0.2) is 0 Å². The molecule has 3 aliphatic rings. The molecule has 6 atom stereocenters. The fraction of sp³-hybridized carbons (Fsp3) is 0.864. The minimum Gasteiger partial charge on any atom is -0.396 e. The minimum absolute atomic E-state index is 0.0370. The van der Waals surface area contributed by atoms with E-state index in [1.165, 1.54) is 0 Å². The molecule has 3 unspecified atom stereocenters. The molecule has 3 saturated heterocycles. The van der Waals surface area contributed by atoms with Gasteiger partial charge in [0.05, 0.1) is 16.6 Å². The zero-order valence-electron chi connectivity index (χ0n) is 18.5. The number of likely N-dealkylation sites (tertiary alicyclic amines) is 1. The minimum atomic E-state index is -0.535. The standard InChI is InChI=1S/C22H37N3O4S/c1-4-8-14(3)24-20(28)18-22-10-9-15(30-22)16(19(27)23-11-5-2)17(22)21(29)25(18)12-6-7-13-26/h14-18,26H,4-13H2,1-3H3,(H,23,27)(H,24,28)/t14?,15-,16+,17-,18?,22?/m0/s1. The van der Waals surface area contributed by atoms with Crippen LogP contribution in [0.3, 0.4) is 0 Å². The summed E-state index contributed by atoms with van der Waals surface area (Å²) in [6.07, 6.45) is 5.65. The molecule has 0 radical (unpaired) electrons. The zero-order chi connectivity index (χ0) is 21.9. The van der Waals surface area contributed by atoms with Gasteiger partial charge in [-0.3, -0.25) is 14.4 Å². The molecule has 3 fully saturated rings. The smallest absolute Gasteiger partial charge is 0.244 e. The number of nitrogens with zero attached hydrogens (tertiary/aromatic N) is 1. The maximum atomic E-state index is 13.6. The Balaban J connectivity index is 1.88. The predicted octanol–water partition coefficient (Wildman–Crippen LogP) is 1.68. The van der Waals surface area contributed by atoms with Crippen LogP contribution >= 0.6 is 11.8 Å². The van der Waals surface area contributed by atoms with E-state index in [4.69, 9.17) is 0 Å². The van der Waals surface area contributed by atoms with Gasteiger partial charge < -0.3 is 20.6 Å². The quantitative estimate of drug-likeness (QED) is 0.426. The normalized spacial score (nSPS) is 32.9. The number of thioether (sulfide) groups is 1. The summed E-state index contributed by atoms with van der Waals surface area (Å²) in [5, 5.41) is 15.4. The van der Waals surface area contributed by atoms with Crippen molar-refractivity contribution in [2.75, 3.05) is 19.7 Å². The van der Waals surface area contributed by atoms with Crippen LogP contribution in [0.15, 0.2) is 0 Å². The second-order valence-corrected chi connectivity index (χ2v) is 10.6. The van der Waals surface area contributed by atoms with E-state index in [-0.39, 0.29) is 41.5 Å². The Bertz CT molecular complexity index is 660. The number of nitrogens with one attached hydrogen (secondary N) is 2. The first kappa shape index (κ1) is 23.4. The Kier molecular flexibility index (Phi) is 7.71. The van der Waals surface area contributed by atoms with Gasteiger partial charge in [0.2, 0.25) is 17.7 Å². The Morgan fingerprint density at radius 3 is 2.70 bits per heavy atom. The molecule has 30 heavy (non-hydrogen) atoms. The molecule has 0 aromatic heterocycles. The van der Waals surface area contributed by atoms with E-state index in [0.29, 0.717) is 25.9 Å².